The van der Waals surface area contributed by atoms with E-state index in [1.54, 1.807) is 25.6 Å². The van der Waals surface area contributed by atoms with Crippen molar-refractivity contribution in [3.8, 4) is 0 Å². The minimum Gasteiger partial charge on any atom is -0.395 e. The second-order valence-corrected chi connectivity index (χ2v) is 3.16. The lowest BCUT2D eigenvalue weighted by molar-refractivity contribution is 0.125. The first kappa shape index (κ1) is 12.0. The summed E-state index contributed by atoms with van der Waals surface area (Å²) in [5.41, 5.74) is 0. The smallest absolute Gasteiger partial charge is 0.142 e. The van der Waals surface area contributed by atoms with Crippen molar-refractivity contribution in [3.63, 3.8) is 0 Å². The minimum atomic E-state index is 0.135. The lowest BCUT2D eigenvalue weighted by Crippen LogP contribution is -2.30. The topological polar surface area (TPSA) is 58.5 Å². The quantitative estimate of drug-likeness (QED) is 0.683. The molecule has 15 heavy (non-hydrogen) atoms. The van der Waals surface area contributed by atoms with Crippen LogP contribution in [0.5, 0.6) is 0 Å². The maximum absolute atomic E-state index is 8.89. The van der Waals surface area contributed by atoms with Crippen molar-refractivity contribution in [2.75, 3.05) is 33.4 Å². The molecule has 1 N–H and O–H groups in total. The number of aliphatic hydroxyl groups is 1. The molecule has 84 valence electrons. The van der Waals surface area contributed by atoms with Crippen LogP contribution in [0.1, 0.15) is 5.82 Å². The van der Waals surface area contributed by atoms with Gasteiger partial charge in [-0.1, -0.05) is 0 Å². The Labute approximate surface area is 89.7 Å². The summed E-state index contributed by atoms with van der Waals surface area (Å²) >= 11 is 0. The number of aromatic nitrogens is 2. The van der Waals surface area contributed by atoms with Gasteiger partial charge in [0.25, 0.3) is 0 Å². The molecule has 1 heterocycles. The molecule has 5 nitrogen and oxygen atoms in total. The summed E-state index contributed by atoms with van der Waals surface area (Å²) in [6.45, 7) is 2.81. The fourth-order valence-electron chi connectivity index (χ4n) is 1.24. The highest BCUT2D eigenvalue weighted by Crippen LogP contribution is 1.97. The van der Waals surface area contributed by atoms with E-state index in [1.807, 2.05) is 0 Å². The van der Waals surface area contributed by atoms with Crippen LogP contribution >= 0.6 is 0 Å². The summed E-state index contributed by atoms with van der Waals surface area (Å²) in [5, 5.41) is 8.89. The molecule has 0 aromatic carbocycles. The standard InChI is InChI=1S/C10H17N3O2/c1-15-8-6-13(5-7-14)9-10-11-3-2-4-12-10/h2-4,14H,5-9H2,1H3. The molecule has 1 aromatic rings. The molecular weight excluding hydrogens is 194 g/mol. The van der Waals surface area contributed by atoms with Crippen molar-refractivity contribution in [1.29, 1.82) is 0 Å². The number of aliphatic hydroxyl groups excluding tert-OH is 1. The van der Waals surface area contributed by atoms with Gasteiger partial charge in [0.05, 0.1) is 19.8 Å². The summed E-state index contributed by atoms with van der Waals surface area (Å²) in [7, 11) is 1.66. The Kier molecular flexibility index (Phi) is 5.84. The molecule has 0 amide bonds. The summed E-state index contributed by atoms with van der Waals surface area (Å²) < 4.78 is 4.99. The third-order valence-electron chi connectivity index (χ3n) is 2.01. The van der Waals surface area contributed by atoms with Crippen LogP contribution in [0.4, 0.5) is 0 Å². The van der Waals surface area contributed by atoms with Crippen LogP contribution in [0, 0.1) is 0 Å². The van der Waals surface area contributed by atoms with Gasteiger partial charge < -0.3 is 9.84 Å². The van der Waals surface area contributed by atoms with Crippen molar-refractivity contribution in [2.24, 2.45) is 0 Å². The molecule has 0 spiro atoms. The van der Waals surface area contributed by atoms with Crippen LogP contribution < -0.4 is 0 Å². The van der Waals surface area contributed by atoms with E-state index in [9.17, 15) is 0 Å². The lowest BCUT2D eigenvalue weighted by atomic mass is 10.4. The van der Waals surface area contributed by atoms with Crippen LogP contribution in [0.2, 0.25) is 0 Å². The van der Waals surface area contributed by atoms with E-state index in [4.69, 9.17) is 9.84 Å². The highest BCUT2D eigenvalue weighted by molar-refractivity contribution is 4.88. The third-order valence-corrected chi connectivity index (χ3v) is 2.01. The second kappa shape index (κ2) is 7.28. The van der Waals surface area contributed by atoms with Gasteiger partial charge in [-0.05, 0) is 6.07 Å². The van der Waals surface area contributed by atoms with Gasteiger partial charge in [0.15, 0.2) is 0 Å². The SMILES string of the molecule is COCCN(CCO)Cc1ncccn1. The van der Waals surface area contributed by atoms with E-state index in [2.05, 4.69) is 14.9 Å². The predicted molar refractivity (Wildman–Crippen MR) is 56.3 cm³/mol. The Morgan fingerprint density at radius 1 is 1.33 bits per heavy atom. The maximum atomic E-state index is 8.89. The Hall–Kier alpha value is -1.04. The molecule has 0 fully saturated rings. The molecule has 0 aliphatic carbocycles. The zero-order valence-electron chi connectivity index (χ0n) is 8.96. The monoisotopic (exact) mass is 211 g/mol. The van der Waals surface area contributed by atoms with Gasteiger partial charge in [-0.3, -0.25) is 4.90 Å². The first-order chi connectivity index (χ1) is 7.36. The molecule has 1 rings (SSSR count). The highest BCUT2D eigenvalue weighted by atomic mass is 16.5. The average molecular weight is 211 g/mol. The van der Waals surface area contributed by atoms with E-state index in [0.29, 0.717) is 19.7 Å². The van der Waals surface area contributed by atoms with Crippen LogP contribution in [-0.2, 0) is 11.3 Å². The first-order valence-corrected chi connectivity index (χ1v) is 4.95. The van der Waals surface area contributed by atoms with Gasteiger partial charge >= 0.3 is 0 Å². The summed E-state index contributed by atoms with van der Waals surface area (Å²) in [6, 6.07) is 1.79. The van der Waals surface area contributed by atoms with E-state index in [-0.39, 0.29) is 6.61 Å². The van der Waals surface area contributed by atoms with E-state index >= 15 is 0 Å². The molecule has 5 heteroatoms. The number of hydrogen-bond acceptors (Lipinski definition) is 5. The van der Waals surface area contributed by atoms with Gasteiger partial charge in [0.1, 0.15) is 5.82 Å². The zero-order valence-corrected chi connectivity index (χ0v) is 8.96. The van der Waals surface area contributed by atoms with E-state index < -0.39 is 0 Å². The number of hydrogen-bond donors (Lipinski definition) is 1. The van der Waals surface area contributed by atoms with Crippen LogP contribution in [0.25, 0.3) is 0 Å². The number of methoxy groups -OCH3 is 1. The molecule has 0 radical (unpaired) electrons. The molecule has 0 bridgehead atoms. The number of ether oxygens (including phenoxy) is 1. The normalized spacial score (nSPS) is 10.9. The van der Waals surface area contributed by atoms with Gasteiger partial charge in [-0.2, -0.15) is 0 Å². The Balaban J connectivity index is 2.43. The van der Waals surface area contributed by atoms with Gasteiger partial charge in [0.2, 0.25) is 0 Å². The van der Waals surface area contributed by atoms with Gasteiger partial charge in [-0.25, -0.2) is 9.97 Å². The highest BCUT2D eigenvalue weighted by Gasteiger charge is 2.06. The maximum Gasteiger partial charge on any atom is 0.142 e. The van der Waals surface area contributed by atoms with Crippen molar-refractivity contribution in [3.05, 3.63) is 24.3 Å². The minimum absolute atomic E-state index is 0.135. The van der Waals surface area contributed by atoms with E-state index in [1.165, 1.54) is 0 Å². The molecule has 1 aromatic heterocycles. The first-order valence-electron chi connectivity index (χ1n) is 4.95. The molecule has 0 unspecified atom stereocenters. The lowest BCUT2D eigenvalue weighted by Gasteiger charge is -2.19. The summed E-state index contributed by atoms with van der Waals surface area (Å²) in [6.07, 6.45) is 3.44. The Morgan fingerprint density at radius 3 is 2.67 bits per heavy atom. The van der Waals surface area contributed by atoms with Crippen LogP contribution in [0.3, 0.4) is 0 Å². The summed E-state index contributed by atoms with van der Waals surface area (Å²) in [5.74, 6) is 0.766. The Bertz CT molecular complexity index is 256. The van der Waals surface area contributed by atoms with E-state index in [0.717, 1.165) is 12.4 Å². The average Bonchev–Trinajstić information content (AvgIpc) is 2.28. The molecule has 0 aliphatic heterocycles. The zero-order chi connectivity index (χ0) is 10.9. The second-order valence-electron chi connectivity index (χ2n) is 3.16. The molecule has 0 saturated heterocycles. The number of nitrogens with zero attached hydrogens (tertiary/aromatic N) is 3. The molecular formula is C10H17N3O2. The van der Waals surface area contributed by atoms with Gasteiger partial charge in [-0.15, -0.1) is 0 Å². The number of rotatable bonds is 7. The molecule has 0 atom stereocenters. The van der Waals surface area contributed by atoms with Crippen molar-refractivity contribution < 1.29 is 9.84 Å². The fraction of sp³-hybridized carbons (Fsp3) is 0.600. The largest absolute Gasteiger partial charge is 0.395 e. The van der Waals surface area contributed by atoms with Crippen molar-refractivity contribution in [2.45, 2.75) is 6.54 Å². The summed E-state index contributed by atoms with van der Waals surface area (Å²) in [4.78, 5) is 10.3. The van der Waals surface area contributed by atoms with Crippen LogP contribution in [-0.4, -0.2) is 53.4 Å². The van der Waals surface area contributed by atoms with Crippen molar-refractivity contribution in [1.82, 2.24) is 14.9 Å². The van der Waals surface area contributed by atoms with Gasteiger partial charge in [0, 0.05) is 32.6 Å². The predicted octanol–water partition coefficient (Wildman–Crippen LogP) is -0.0827. The van der Waals surface area contributed by atoms with Crippen molar-refractivity contribution >= 4 is 0 Å². The Morgan fingerprint density at radius 2 is 2.07 bits per heavy atom. The fourth-order valence-corrected chi connectivity index (χ4v) is 1.24. The van der Waals surface area contributed by atoms with Crippen LogP contribution in [0.15, 0.2) is 18.5 Å². The third kappa shape index (κ3) is 4.83. The molecule has 0 saturated carbocycles. The molecule has 0 aliphatic rings.